The Labute approximate surface area is 476 Å². The molecule has 6 rings (SSSR count). The molecule has 10 atom stereocenters. The second-order valence-electron chi connectivity index (χ2n) is 25.3. The van der Waals surface area contributed by atoms with E-state index in [4.69, 9.17) is 16.6 Å². The van der Waals surface area contributed by atoms with Crippen molar-refractivity contribution >= 4 is 17.8 Å². The third-order valence-electron chi connectivity index (χ3n) is 18.8. The Morgan fingerprint density at radius 3 is 2.22 bits per heavy atom. The van der Waals surface area contributed by atoms with Gasteiger partial charge >= 0.3 is 6.18 Å². The topological polar surface area (TPSA) is 97.5 Å². The van der Waals surface area contributed by atoms with Gasteiger partial charge in [0.1, 0.15) is 0 Å². The summed E-state index contributed by atoms with van der Waals surface area (Å²) in [6, 6.07) is 7.13. The number of nitrogens with zero attached hydrogens (tertiary/aromatic N) is 5. The number of rotatable bonds is 8. The summed E-state index contributed by atoms with van der Waals surface area (Å²) in [7, 11) is 4.28. The highest BCUT2D eigenvalue weighted by Gasteiger charge is 2.47. The largest absolute Gasteiger partial charge is 0.417 e. The van der Waals surface area contributed by atoms with Crippen LogP contribution in [0.2, 0.25) is 5.02 Å². The highest BCUT2D eigenvalue weighted by Crippen LogP contribution is 2.40. The van der Waals surface area contributed by atoms with Gasteiger partial charge in [0.15, 0.2) is 0 Å². The van der Waals surface area contributed by atoms with Gasteiger partial charge in [0.25, 0.3) is 0 Å². The lowest BCUT2D eigenvalue weighted by atomic mass is 9.80. The number of allylic oxidation sites excluding steroid dienone is 5. The Bertz CT molecular complexity index is 2150. The van der Waals surface area contributed by atoms with E-state index in [2.05, 4.69) is 154 Å². The predicted molar refractivity (Wildman–Crippen MR) is 322 cm³/mol. The molecule has 5 aliphatic rings. The van der Waals surface area contributed by atoms with E-state index in [-0.39, 0.29) is 16.6 Å². The first-order valence-electron chi connectivity index (χ1n) is 30.7. The molecule has 4 unspecified atom stereocenters. The quantitative estimate of drug-likeness (QED) is 0.151. The number of nitrogens with one attached hydrogen (secondary N) is 6. The SMILES string of the molecule is CC[C@H](C)[C@H]1CN[C@@H](C)C(C)NCC2[C@H](C)CN2[C@@H](C2CCCC2)C(C)NC2(CCCC2)CNCCN=CC=C(CCc2ccc(C(F)(F)F)c(Cl)c2)NC=C(C)N(C)C=C(CC(C)C)N(C)C=C2CCCN2[C@@H](C)C(C)N1. The van der Waals surface area contributed by atoms with Crippen LogP contribution >= 0.6 is 11.6 Å². The molecule has 1 aromatic carbocycles. The minimum Gasteiger partial charge on any atom is -0.369 e. The van der Waals surface area contributed by atoms with E-state index in [0.717, 1.165) is 87.3 Å². The zero-order chi connectivity index (χ0) is 56.7. The Balaban J connectivity index is 1.27. The maximum Gasteiger partial charge on any atom is 0.417 e. The fourth-order valence-corrected chi connectivity index (χ4v) is 13.5. The van der Waals surface area contributed by atoms with Crippen LogP contribution in [0.25, 0.3) is 0 Å². The van der Waals surface area contributed by atoms with Crippen molar-refractivity contribution in [2.75, 3.05) is 59.9 Å². The van der Waals surface area contributed by atoms with E-state index in [0.29, 0.717) is 79.4 Å². The van der Waals surface area contributed by atoms with Crippen molar-refractivity contribution in [1.29, 1.82) is 0 Å². The standard InChI is InChI=1S/C63H107ClF3N11/c1-14-44(4)59-37-70-47(7)48(8)71-38-60-45(5)39-78(60)61(53-20-15-16-21-53)50(10)74-62(28-17-18-29-62)42-69-32-31-68-30-27-54(25-23-52-24-26-57(58(64)35-52)63(65,66)67)72-36-46(6)75(12)41-56(34-43(2)3)76(13)40-55-22-19-33-77(55)51(11)49(9)73-59/h24,26-27,30,35-36,40-41,43-45,47-51,53,59-61,69-74H,14-23,25,28-29,31-34,37-39,42H2,1-13H3/t44-,45+,47-,48?,49?,50?,51-,59+,60?,61+/m0/s1. The molecule has 1 spiro atoms. The van der Waals surface area contributed by atoms with Crippen molar-refractivity contribution < 1.29 is 13.2 Å². The molecule has 0 radical (unpaired) electrons. The van der Waals surface area contributed by atoms with Crippen LogP contribution in [-0.2, 0) is 12.6 Å². The van der Waals surface area contributed by atoms with E-state index < -0.39 is 11.7 Å². The second-order valence-corrected chi connectivity index (χ2v) is 25.7. The molecule has 0 aromatic heterocycles. The molecule has 6 N–H and O–H groups in total. The monoisotopic (exact) mass is 1110 g/mol. The van der Waals surface area contributed by atoms with Crippen LogP contribution < -0.4 is 31.9 Å². The van der Waals surface area contributed by atoms with Gasteiger partial charge in [-0.15, -0.1) is 0 Å². The summed E-state index contributed by atoms with van der Waals surface area (Å²) in [5.41, 5.74) is 4.52. The third-order valence-corrected chi connectivity index (χ3v) is 19.1. The van der Waals surface area contributed by atoms with Crippen LogP contribution in [0.15, 0.2) is 70.7 Å². The lowest BCUT2D eigenvalue weighted by molar-refractivity contribution is -0.137. The van der Waals surface area contributed by atoms with Crippen LogP contribution in [0, 0.1) is 23.7 Å². The molecule has 1 aromatic rings. The first-order chi connectivity index (χ1) is 37.1. The van der Waals surface area contributed by atoms with Gasteiger partial charge in [0.2, 0.25) is 0 Å². The van der Waals surface area contributed by atoms with Gasteiger partial charge < -0.3 is 46.6 Å². The Morgan fingerprint density at radius 1 is 0.859 bits per heavy atom. The Kier molecular flexibility index (Phi) is 24.9. The van der Waals surface area contributed by atoms with Crippen molar-refractivity contribution in [3.8, 4) is 0 Å². The molecule has 3 heterocycles. The summed E-state index contributed by atoms with van der Waals surface area (Å²) >= 11 is 6.17. The smallest absolute Gasteiger partial charge is 0.369 e. The van der Waals surface area contributed by atoms with Gasteiger partial charge in [-0.25, -0.2) is 0 Å². The molecule has 78 heavy (non-hydrogen) atoms. The highest BCUT2D eigenvalue weighted by atomic mass is 35.5. The van der Waals surface area contributed by atoms with Gasteiger partial charge in [-0.05, 0) is 147 Å². The van der Waals surface area contributed by atoms with Gasteiger partial charge in [-0.1, -0.05) is 84.4 Å². The molecule has 2 saturated heterocycles. The molecule has 3 aliphatic heterocycles. The van der Waals surface area contributed by atoms with Crippen molar-refractivity contribution in [2.45, 2.75) is 226 Å². The van der Waals surface area contributed by atoms with Crippen LogP contribution in [0.5, 0.6) is 0 Å². The second kappa shape index (κ2) is 30.3. The minimum atomic E-state index is -4.50. The van der Waals surface area contributed by atoms with E-state index in [1.807, 2.05) is 18.5 Å². The van der Waals surface area contributed by atoms with Crippen LogP contribution in [0.4, 0.5) is 13.2 Å². The molecule has 0 amide bonds. The molecular formula is C63H107ClF3N11. The van der Waals surface area contributed by atoms with Gasteiger partial charge in [-0.2, -0.15) is 13.2 Å². The average Bonchev–Trinajstić information content (AvgIpc) is 4.23. The number of hydrogen-bond donors (Lipinski definition) is 6. The summed E-state index contributed by atoms with van der Waals surface area (Å²) in [5.74, 6) is 2.37. The maximum absolute atomic E-state index is 13.6. The number of halogens is 4. The molecule has 15 heteroatoms. The number of fused-ring (bicyclic) bond motifs is 2. The lowest BCUT2D eigenvalue weighted by Gasteiger charge is -2.55. The number of alkyl halides is 3. The molecule has 4 fully saturated rings. The fraction of sp³-hybridized carbons (Fsp3) is 0.762. The molecule has 2 saturated carbocycles. The first-order valence-corrected chi connectivity index (χ1v) is 31.1. The fourth-order valence-electron chi connectivity index (χ4n) is 13.2. The average molecular weight is 1110 g/mol. The van der Waals surface area contributed by atoms with Crippen LogP contribution in [-0.4, -0.2) is 140 Å². The zero-order valence-corrected chi connectivity index (χ0v) is 51.4. The summed E-state index contributed by atoms with van der Waals surface area (Å²) in [4.78, 5) is 14.9. The summed E-state index contributed by atoms with van der Waals surface area (Å²) in [6.07, 6.45) is 21.5. The molecule has 11 nitrogen and oxygen atoms in total. The predicted octanol–water partition coefficient (Wildman–Crippen LogP) is 11.9. The summed E-state index contributed by atoms with van der Waals surface area (Å²) < 4.78 is 40.8. The molecule has 442 valence electrons. The Hall–Kier alpha value is -3.11. The van der Waals surface area contributed by atoms with Crippen LogP contribution in [0.3, 0.4) is 0 Å². The van der Waals surface area contributed by atoms with Gasteiger partial charge in [0, 0.05) is 155 Å². The van der Waals surface area contributed by atoms with Crippen molar-refractivity contribution in [2.24, 2.45) is 28.7 Å². The van der Waals surface area contributed by atoms with E-state index in [9.17, 15) is 13.2 Å². The van der Waals surface area contributed by atoms with Gasteiger partial charge in [-0.3, -0.25) is 9.89 Å². The van der Waals surface area contributed by atoms with E-state index >= 15 is 0 Å². The van der Waals surface area contributed by atoms with Crippen molar-refractivity contribution in [3.63, 3.8) is 0 Å². The number of benzene rings is 1. The first kappa shape index (κ1) is 64.1. The minimum absolute atomic E-state index is 0.0676. The summed E-state index contributed by atoms with van der Waals surface area (Å²) in [5, 5.41) is 23.7. The van der Waals surface area contributed by atoms with Crippen molar-refractivity contribution in [1.82, 2.24) is 51.5 Å². The molecule has 2 aliphatic carbocycles. The zero-order valence-electron chi connectivity index (χ0n) is 50.6. The summed E-state index contributed by atoms with van der Waals surface area (Å²) in [6.45, 7) is 32.4. The van der Waals surface area contributed by atoms with E-state index in [1.165, 1.54) is 81.4 Å². The lowest BCUT2D eigenvalue weighted by Crippen LogP contribution is -2.70. The van der Waals surface area contributed by atoms with Crippen LogP contribution in [0.1, 0.15) is 171 Å². The number of aliphatic imine (C=N–C) groups is 1. The molecular weight excluding hydrogens is 1000 g/mol. The van der Waals surface area contributed by atoms with E-state index in [1.54, 1.807) is 0 Å². The third kappa shape index (κ3) is 18.2. The molecule has 0 bridgehead atoms. The normalized spacial score (nSPS) is 30.4. The highest BCUT2D eigenvalue weighted by molar-refractivity contribution is 6.31. The Morgan fingerprint density at radius 2 is 1.56 bits per heavy atom. The number of aryl methyl sites for hydroxylation is 1. The maximum atomic E-state index is 13.6. The van der Waals surface area contributed by atoms with Crippen molar-refractivity contribution in [3.05, 3.63) is 81.8 Å². The number of hydrogen-bond acceptors (Lipinski definition) is 11. The van der Waals surface area contributed by atoms with Gasteiger partial charge in [0.05, 0.1) is 17.1 Å².